The Kier molecular flexibility index (Phi) is 5.32. The zero-order valence-electron chi connectivity index (χ0n) is 11.5. The van der Waals surface area contributed by atoms with Crippen molar-refractivity contribution in [1.82, 2.24) is 10.3 Å². The first-order valence-electron chi connectivity index (χ1n) is 6.50. The van der Waals surface area contributed by atoms with Gasteiger partial charge in [-0.15, -0.1) is 0 Å². The van der Waals surface area contributed by atoms with Crippen LogP contribution >= 0.6 is 12.2 Å². The fraction of sp³-hybridized carbons (Fsp3) is 0.385. The Labute approximate surface area is 128 Å². The number of aromatic hydroxyl groups is 2. The van der Waals surface area contributed by atoms with Crippen molar-refractivity contribution in [3.63, 3.8) is 0 Å². The number of ether oxygens (including phenoxy) is 1. The normalized spacial score (nSPS) is 16.2. The molecule has 1 fully saturated rings. The molecule has 7 nitrogen and oxygen atoms in total. The van der Waals surface area contributed by atoms with E-state index in [2.05, 4.69) is 27.6 Å². The minimum atomic E-state index is -0.00465. The first kappa shape index (κ1) is 15.5. The van der Waals surface area contributed by atoms with Crippen LogP contribution in [0.15, 0.2) is 17.2 Å². The summed E-state index contributed by atoms with van der Waals surface area (Å²) in [6, 6.07) is 3.09. The van der Waals surface area contributed by atoms with Crippen molar-refractivity contribution in [2.75, 3.05) is 26.3 Å². The molecule has 1 aliphatic rings. The molecule has 8 heteroatoms. The fourth-order valence-electron chi connectivity index (χ4n) is 2.05. The van der Waals surface area contributed by atoms with Gasteiger partial charge in [0.2, 0.25) is 0 Å². The summed E-state index contributed by atoms with van der Waals surface area (Å²) in [5.41, 5.74) is 8.61. The largest absolute Gasteiger partial charge is 0.507 e. The Morgan fingerprint density at radius 1 is 1.43 bits per heavy atom. The van der Waals surface area contributed by atoms with E-state index in [1.807, 2.05) is 0 Å². The topological polar surface area (TPSA) is 103 Å². The lowest BCUT2D eigenvalue weighted by Gasteiger charge is -2.27. The summed E-state index contributed by atoms with van der Waals surface area (Å²) in [5, 5.41) is 24.0. The third-order valence-electron chi connectivity index (χ3n) is 3.15. The minimum absolute atomic E-state index is 0.00465. The SMILES string of the molecule is NC(=S)N/N=C/c1ccc(O)c(CN2CCOCC2)c1O. The Bertz CT molecular complexity index is 544. The smallest absolute Gasteiger partial charge is 0.184 e. The Morgan fingerprint density at radius 3 is 2.81 bits per heavy atom. The van der Waals surface area contributed by atoms with Crippen LogP contribution < -0.4 is 11.2 Å². The molecule has 1 aromatic rings. The Hall–Kier alpha value is -1.90. The van der Waals surface area contributed by atoms with Gasteiger partial charge in [-0.2, -0.15) is 5.10 Å². The highest BCUT2D eigenvalue weighted by Gasteiger charge is 2.17. The van der Waals surface area contributed by atoms with Crippen LogP contribution in [0.25, 0.3) is 0 Å². The van der Waals surface area contributed by atoms with Crippen molar-refractivity contribution in [3.05, 3.63) is 23.3 Å². The fourth-order valence-corrected chi connectivity index (χ4v) is 2.10. The number of nitrogens with one attached hydrogen (secondary N) is 1. The average molecular weight is 310 g/mol. The molecule has 1 aromatic carbocycles. The van der Waals surface area contributed by atoms with Gasteiger partial charge in [-0.05, 0) is 24.4 Å². The molecule has 1 saturated heterocycles. The molecular formula is C13H18N4O3S. The molecule has 0 bridgehead atoms. The Morgan fingerprint density at radius 2 is 2.14 bits per heavy atom. The van der Waals surface area contributed by atoms with E-state index in [9.17, 15) is 10.2 Å². The first-order chi connectivity index (χ1) is 10.1. The third-order valence-corrected chi connectivity index (χ3v) is 3.24. The second kappa shape index (κ2) is 7.21. The molecule has 0 spiro atoms. The van der Waals surface area contributed by atoms with Gasteiger partial charge in [0.1, 0.15) is 11.5 Å². The molecule has 1 heterocycles. The van der Waals surface area contributed by atoms with E-state index in [0.717, 1.165) is 13.1 Å². The quantitative estimate of drug-likeness (QED) is 0.355. The molecule has 0 aromatic heterocycles. The molecule has 114 valence electrons. The van der Waals surface area contributed by atoms with E-state index in [0.29, 0.717) is 30.9 Å². The molecule has 2 rings (SSSR count). The van der Waals surface area contributed by atoms with Crippen LogP contribution in [0.2, 0.25) is 0 Å². The van der Waals surface area contributed by atoms with E-state index in [1.54, 1.807) is 6.07 Å². The van der Waals surface area contributed by atoms with E-state index in [4.69, 9.17) is 10.5 Å². The zero-order valence-corrected chi connectivity index (χ0v) is 12.3. The molecule has 0 atom stereocenters. The summed E-state index contributed by atoms with van der Waals surface area (Å²) in [4.78, 5) is 2.10. The number of phenols is 2. The lowest BCUT2D eigenvalue weighted by molar-refractivity contribution is 0.0335. The van der Waals surface area contributed by atoms with Crippen molar-refractivity contribution in [2.24, 2.45) is 10.8 Å². The maximum Gasteiger partial charge on any atom is 0.184 e. The second-order valence-corrected chi connectivity index (χ2v) is 5.06. The number of hydrazone groups is 1. The van der Waals surface area contributed by atoms with Crippen LogP contribution in [0.3, 0.4) is 0 Å². The molecule has 21 heavy (non-hydrogen) atoms. The average Bonchev–Trinajstić information content (AvgIpc) is 2.47. The van der Waals surface area contributed by atoms with Crippen molar-refractivity contribution in [2.45, 2.75) is 6.54 Å². The van der Waals surface area contributed by atoms with Gasteiger partial charge in [-0.3, -0.25) is 10.3 Å². The number of phenolic OH excluding ortho intramolecular Hbond substituents is 2. The monoisotopic (exact) mass is 310 g/mol. The lowest BCUT2D eigenvalue weighted by Crippen LogP contribution is -2.35. The van der Waals surface area contributed by atoms with Gasteiger partial charge in [0.05, 0.1) is 25.0 Å². The number of rotatable bonds is 4. The van der Waals surface area contributed by atoms with Crippen molar-refractivity contribution < 1.29 is 14.9 Å². The number of benzene rings is 1. The third kappa shape index (κ3) is 4.28. The first-order valence-corrected chi connectivity index (χ1v) is 6.91. The predicted molar refractivity (Wildman–Crippen MR) is 83.4 cm³/mol. The van der Waals surface area contributed by atoms with Gasteiger partial charge < -0.3 is 20.7 Å². The minimum Gasteiger partial charge on any atom is -0.507 e. The highest BCUT2D eigenvalue weighted by atomic mass is 32.1. The van der Waals surface area contributed by atoms with Crippen molar-refractivity contribution >= 4 is 23.5 Å². The van der Waals surface area contributed by atoms with Crippen LogP contribution in [-0.4, -0.2) is 52.7 Å². The molecule has 0 aliphatic carbocycles. The maximum atomic E-state index is 10.3. The molecule has 5 N–H and O–H groups in total. The van der Waals surface area contributed by atoms with E-state index < -0.39 is 0 Å². The highest BCUT2D eigenvalue weighted by Crippen LogP contribution is 2.31. The second-order valence-electron chi connectivity index (χ2n) is 4.62. The van der Waals surface area contributed by atoms with E-state index >= 15 is 0 Å². The molecule has 0 unspecified atom stereocenters. The van der Waals surface area contributed by atoms with Crippen LogP contribution in [-0.2, 0) is 11.3 Å². The van der Waals surface area contributed by atoms with Gasteiger partial charge in [0.25, 0.3) is 0 Å². The van der Waals surface area contributed by atoms with Crippen LogP contribution in [0, 0.1) is 0 Å². The van der Waals surface area contributed by atoms with Crippen LogP contribution in [0.1, 0.15) is 11.1 Å². The highest BCUT2D eigenvalue weighted by molar-refractivity contribution is 7.80. The summed E-state index contributed by atoms with van der Waals surface area (Å²) in [5.74, 6) is 0.0495. The maximum absolute atomic E-state index is 10.3. The molecule has 0 radical (unpaired) electrons. The zero-order chi connectivity index (χ0) is 15.2. The number of nitrogens with zero attached hydrogens (tertiary/aromatic N) is 2. The van der Waals surface area contributed by atoms with Gasteiger partial charge in [0.15, 0.2) is 5.11 Å². The van der Waals surface area contributed by atoms with Gasteiger partial charge in [-0.1, -0.05) is 0 Å². The van der Waals surface area contributed by atoms with Gasteiger partial charge in [-0.25, -0.2) is 0 Å². The van der Waals surface area contributed by atoms with Crippen molar-refractivity contribution in [3.8, 4) is 11.5 Å². The van der Waals surface area contributed by atoms with Crippen LogP contribution in [0.4, 0.5) is 0 Å². The molecular weight excluding hydrogens is 292 g/mol. The summed E-state index contributed by atoms with van der Waals surface area (Å²) < 4.78 is 5.28. The van der Waals surface area contributed by atoms with E-state index in [-0.39, 0.29) is 16.6 Å². The predicted octanol–water partition coefficient (Wildman–Crippen LogP) is 0.0971. The molecule has 1 aliphatic heterocycles. The Balaban J connectivity index is 2.15. The number of hydrogen-bond donors (Lipinski definition) is 4. The summed E-state index contributed by atoms with van der Waals surface area (Å²) >= 11 is 4.63. The van der Waals surface area contributed by atoms with E-state index in [1.165, 1.54) is 12.3 Å². The summed E-state index contributed by atoms with van der Waals surface area (Å²) in [6.45, 7) is 3.28. The molecule has 0 amide bonds. The summed E-state index contributed by atoms with van der Waals surface area (Å²) in [7, 11) is 0. The number of nitrogens with two attached hydrogens (primary N) is 1. The van der Waals surface area contributed by atoms with Crippen LogP contribution in [0.5, 0.6) is 11.5 Å². The summed E-state index contributed by atoms with van der Waals surface area (Å²) in [6.07, 6.45) is 1.40. The van der Waals surface area contributed by atoms with Crippen molar-refractivity contribution in [1.29, 1.82) is 0 Å². The van der Waals surface area contributed by atoms with Gasteiger partial charge in [0, 0.05) is 25.2 Å². The number of hydrogen-bond acceptors (Lipinski definition) is 6. The molecule has 0 saturated carbocycles. The standard InChI is InChI=1S/C13H18N4O3S/c14-13(21)16-15-7-9-1-2-11(18)10(12(9)19)8-17-3-5-20-6-4-17/h1-2,7,18-19H,3-6,8H2,(H3,14,16,21)/b15-7+. The van der Waals surface area contributed by atoms with Gasteiger partial charge >= 0.3 is 0 Å². The number of morpholine rings is 1. The lowest BCUT2D eigenvalue weighted by atomic mass is 10.1. The number of thiocarbonyl (C=S) groups is 1.